The summed E-state index contributed by atoms with van der Waals surface area (Å²) in [6.07, 6.45) is -38.8. The van der Waals surface area contributed by atoms with Crippen molar-refractivity contribution in [3.63, 3.8) is 0 Å². The summed E-state index contributed by atoms with van der Waals surface area (Å²) in [7, 11) is 0. The zero-order chi connectivity index (χ0) is 108. The van der Waals surface area contributed by atoms with Crippen LogP contribution in [0.4, 0.5) is 0 Å². The van der Waals surface area contributed by atoms with Gasteiger partial charge in [0.1, 0.15) is 104 Å². The van der Waals surface area contributed by atoms with E-state index in [9.17, 15) is 229 Å². The summed E-state index contributed by atoms with van der Waals surface area (Å²) >= 11 is 0. The van der Waals surface area contributed by atoms with Crippen LogP contribution in [0.3, 0.4) is 0 Å². The SMILES string of the molecule is CC(=O)N(C(CO)CO)C1C(O)OC(C(=O)OO)C(O)C1O.CC1OC(CN(C(CO)CO)C(CO)CO)C(O)C1O.O=C(C1OC(O)C(O)C(O)C1O)N(C(CO)CO)C(CO)CO.O=C(OO)C1OC(CN(C(CO)CO)C(CO)CO)C(O)C1O.OCC(CO)N(CC1OC(CN(C(CO)CO)C(CO)CO)C(O)C1O)C(CO)CO.OCC(CO)N(CC1OC(O)C(O)C(O)C1O)C(CO)CO. The van der Waals surface area contributed by atoms with Crippen molar-refractivity contribution < 1.29 is 287 Å². The van der Waals surface area contributed by atoms with Gasteiger partial charge in [0, 0.05) is 39.6 Å². The number of hydrogen-bond acceptors (Lipinski definition) is 62. The molecule has 0 saturated carbocycles. The van der Waals surface area contributed by atoms with Crippen molar-refractivity contribution in [3.05, 3.63) is 0 Å². The van der Waals surface area contributed by atoms with E-state index in [1.165, 1.54) is 24.5 Å². The summed E-state index contributed by atoms with van der Waals surface area (Å²) in [6, 6.07) is -13.4. The molecule has 6 heterocycles. The summed E-state index contributed by atoms with van der Waals surface area (Å²) < 4.78 is 30.9. The molecule has 64 nitrogen and oxygen atoms in total. The second kappa shape index (κ2) is 69.8. The molecule has 0 radical (unpaired) electrons. The standard InChI is InChI=1S/C18H38N2O11.2C12H23NO10.C12H25NO9.C12H25NO7.C11H19NO10/c21-3-11(4-22)19(12(5-23)6-24)1-15-17(29)18(30)16(31-15)2-20(13(7-25)8-26)14(9-27)10-28;14-2-6(3-15)13(7(4-16)5-17)1-8-9(18)10(19)11(22-8)12(20)23-21;14-1-5(2-15)13(6(3-16)4-17)11(21)10-8(19)7(18)9(20)12(22)23-10;14-2-6(3-15)13(7(4-16)5-17)1-8-9(18)10(19)11(20)12(21)22-8;1-7-11(18)12(19)10(20-7)2-13(8(3-14)4-15)9(5-16)6-17;1-4(15)12(5(2-13)3-14)6-7(16)8(17)9(11(19)22-20)21-10(6)18/h11-18,21-30H,1-10H2;6-11,14-19,21H,1-5H2;5-10,12,14-20,22H,1-4H2;6-12,14-21H,1-5H2;7-12,14-19H,2-6H2,1H3;5-10,13-14,16-18,20H,2-3H2,1H3. The van der Waals surface area contributed by atoms with Gasteiger partial charge in [0.25, 0.3) is 5.91 Å². The average Bonchev–Trinajstić information content (AvgIpc) is 1.72. The third-order valence-corrected chi connectivity index (χ3v) is 24.4. The lowest BCUT2D eigenvalue weighted by Gasteiger charge is -2.46. The largest absolute Gasteiger partial charge is 0.395 e. The Labute approximate surface area is 805 Å². The maximum Gasteiger partial charge on any atom is 0.373 e. The first-order valence-electron chi connectivity index (χ1n) is 44.3. The highest BCUT2D eigenvalue weighted by Crippen LogP contribution is 2.32. The lowest BCUT2D eigenvalue weighted by atomic mass is 9.94. The number of carbonyl (C=O) groups excluding carboxylic acids is 4. The fourth-order valence-electron chi connectivity index (χ4n) is 15.8. The molecule has 6 aliphatic heterocycles. The topological polar surface area (TPSA) is 1080 Å². The van der Waals surface area contributed by atoms with Gasteiger partial charge in [0.15, 0.2) is 37.2 Å². The quantitative estimate of drug-likeness (QED) is 0.0199. The molecule has 27 unspecified atom stereocenters. The van der Waals surface area contributed by atoms with Crippen LogP contribution in [0.1, 0.15) is 13.8 Å². The molecule has 6 rings (SSSR count). The van der Waals surface area contributed by atoms with Crippen LogP contribution >= 0.6 is 0 Å². The normalized spacial score (nSPS) is 29.7. The maximum atomic E-state index is 12.5. The van der Waals surface area contributed by atoms with Crippen LogP contribution in [0.25, 0.3) is 0 Å². The molecule has 2 amide bonds. The second-order valence-electron chi connectivity index (χ2n) is 33.2. The van der Waals surface area contributed by atoms with Gasteiger partial charge in [-0.3, -0.25) is 43.9 Å². The van der Waals surface area contributed by atoms with E-state index in [4.69, 9.17) is 49.1 Å². The van der Waals surface area contributed by atoms with E-state index in [1.807, 2.05) is 0 Å². The first-order chi connectivity index (χ1) is 66.8. The molecule has 45 N–H and O–H groups in total. The smallest absolute Gasteiger partial charge is 0.373 e. The Hall–Kier alpha value is -4.36. The third-order valence-electron chi connectivity index (χ3n) is 24.4. The number of hydrogen-bond donors (Lipinski definition) is 45. The Morgan fingerprint density at radius 2 is 0.447 bits per heavy atom. The van der Waals surface area contributed by atoms with Crippen LogP contribution < -0.4 is 0 Å². The van der Waals surface area contributed by atoms with Gasteiger partial charge < -0.3 is 258 Å². The van der Waals surface area contributed by atoms with Crippen LogP contribution in [-0.2, 0) is 57.4 Å². The van der Waals surface area contributed by atoms with Crippen molar-refractivity contribution in [1.29, 1.82) is 0 Å². The summed E-state index contributed by atoms with van der Waals surface area (Å²) in [5, 5.41) is 426. The van der Waals surface area contributed by atoms with Gasteiger partial charge in [0.2, 0.25) is 5.91 Å². The number of amides is 2. The molecule has 64 heteroatoms. The van der Waals surface area contributed by atoms with Crippen LogP contribution in [0.15, 0.2) is 0 Å². The average molecular weight is 2090 g/mol. The van der Waals surface area contributed by atoms with Crippen LogP contribution in [0, 0.1) is 0 Å². The summed E-state index contributed by atoms with van der Waals surface area (Å²) in [6.45, 7) is -11.5. The van der Waals surface area contributed by atoms with Gasteiger partial charge in [-0.25, -0.2) is 9.59 Å². The van der Waals surface area contributed by atoms with Crippen molar-refractivity contribution in [3.8, 4) is 0 Å². The van der Waals surface area contributed by atoms with Gasteiger partial charge in [-0.15, -0.1) is 0 Å². The number of carbonyl (C=O) groups is 4. The van der Waals surface area contributed by atoms with Gasteiger partial charge in [-0.05, 0) is 6.92 Å². The Balaban J connectivity index is 0.000000851. The highest BCUT2D eigenvalue weighted by molar-refractivity contribution is 5.83. The molecule has 838 valence electrons. The summed E-state index contributed by atoms with van der Waals surface area (Å²) in [5.41, 5.74) is 0. The number of nitrogens with zero attached hydrogens (tertiary/aromatic N) is 7. The summed E-state index contributed by atoms with van der Waals surface area (Å²) in [4.78, 5) is 61.8. The number of aliphatic hydroxyl groups is 43. The van der Waals surface area contributed by atoms with E-state index in [0.717, 1.165) is 11.8 Å². The van der Waals surface area contributed by atoms with Crippen molar-refractivity contribution >= 4 is 23.8 Å². The first kappa shape index (κ1) is 135. The zero-order valence-corrected chi connectivity index (χ0v) is 77.2. The van der Waals surface area contributed by atoms with Crippen LogP contribution in [-0.4, -0.2) is 736 Å². The first-order valence-corrected chi connectivity index (χ1v) is 44.3. The summed E-state index contributed by atoms with van der Waals surface area (Å²) in [5.74, 6) is -4.55. The van der Waals surface area contributed by atoms with Crippen molar-refractivity contribution in [2.75, 3.05) is 205 Å². The molecule has 6 saturated heterocycles. The van der Waals surface area contributed by atoms with E-state index in [0.29, 0.717) is 4.90 Å². The molecular weight excluding hydrogens is 1930 g/mol. The molecule has 0 aromatic heterocycles. The monoisotopic (exact) mass is 2090 g/mol. The minimum atomic E-state index is -1.95. The maximum absolute atomic E-state index is 12.5. The molecule has 6 fully saturated rings. The molecule has 0 aliphatic carbocycles. The number of aliphatic hydroxyl groups excluding tert-OH is 43. The lowest BCUT2D eigenvalue weighted by molar-refractivity contribution is -0.292. The highest BCUT2D eigenvalue weighted by atomic mass is 17.1. The fraction of sp³-hybridized carbons (Fsp3) is 0.948. The van der Waals surface area contributed by atoms with Crippen LogP contribution in [0.5, 0.6) is 0 Å². The van der Waals surface area contributed by atoms with E-state index in [-0.39, 0.29) is 59.2 Å². The van der Waals surface area contributed by atoms with E-state index < -0.39 is 413 Å². The molecule has 27 atom stereocenters. The van der Waals surface area contributed by atoms with Crippen LogP contribution in [0.2, 0.25) is 0 Å². The zero-order valence-electron chi connectivity index (χ0n) is 77.2. The Kier molecular flexibility index (Phi) is 66.7. The molecule has 0 aromatic rings. The molecule has 141 heavy (non-hydrogen) atoms. The molecular formula is C77H153N7O57. The van der Waals surface area contributed by atoms with Gasteiger partial charge in [-0.2, -0.15) is 10.5 Å². The third kappa shape index (κ3) is 37.1. The minimum Gasteiger partial charge on any atom is -0.395 e. The molecule has 0 bridgehead atoms. The van der Waals surface area contributed by atoms with Gasteiger partial charge in [0.05, 0.1) is 275 Å². The highest BCUT2D eigenvalue weighted by Gasteiger charge is 2.55. The minimum absolute atomic E-state index is 0.0696. The predicted molar refractivity (Wildman–Crippen MR) is 456 cm³/mol. The van der Waals surface area contributed by atoms with Crippen molar-refractivity contribution in [1.82, 2.24) is 34.3 Å². The van der Waals surface area contributed by atoms with Gasteiger partial charge in [-0.1, -0.05) is 0 Å². The Morgan fingerprint density at radius 1 is 0.234 bits per heavy atom. The number of ether oxygens (including phenoxy) is 6. The Morgan fingerprint density at radius 3 is 0.709 bits per heavy atom. The second-order valence-corrected chi connectivity index (χ2v) is 33.2. The predicted octanol–water partition coefficient (Wildman–Crippen LogP) is -29.4. The fourth-order valence-corrected chi connectivity index (χ4v) is 15.8. The lowest BCUT2D eigenvalue weighted by Crippen LogP contribution is -2.68. The van der Waals surface area contributed by atoms with Crippen molar-refractivity contribution in [2.24, 2.45) is 0 Å². The molecule has 0 aromatic carbocycles. The molecule has 0 spiro atoms. The molecule has 6 aliphatic rings. The van der Waals surface area contributed by atoms with E-state index >= 15 is 0 Å². The van der Waals surface area contributed by atoms with E-state index in [2.05, 4.69) is 9.78 Å². The van der Waals surface area contributed by atoms with Gasteiger partial charge >= 0.3 is 11.9 Å². The Bertz CT molecular complexity index is 3120. The van der Waals surface area contributed by atoms with E-state index in [1.54, 1.807) is 6.92 Å². The van der Waals surface area contributed by atoms with Crippen molar-refractivity contribution in [2.45, 2.75) is 258 Å². The number of rotatable bonds is 53.